The maximum atomic E-state index is 12.3. The van der Waals surface area contributed by atoms with E-state index in [1.807, 2.05) is 12.1 Å². The number of benzene rings is 1. The molecule has 1 N–H and O–H groups in total. The van der Waals surface area contributed by atoms with Gasteiger partial charge in [0.1, 0.15) is 12.1 Å². The summed E-state index contributed by atoms with van der Waals surface area (Å²) < 4.78 is 5.11. The Morgan fingerprint density at radius 3 is 2.21 bits per heavy atom. The van der Waals surface area contributed by atoms with Gasteiger partial charge in [-0.25, -0.2) is 4.79 Å². The number of amides is 3. The average Bonchev–Trinajstić information content (AvgIpc) is 2.64. The summed E-state index contributed by atoms with van der Waals surface area (Å²) in [5.74, 6) is -0.302. The van der Waals surface area contributed by atoms with Gasteiger partial charge in [0.25, 0.3) is 0 Å². The molecule has 1 aromatic carbocycles. The summed E-state index contributed by atoms with van der Waals surface area (Å²) in [6.07, 6.45) is 2.63. The summed E-state index contributed by atoms with van der Waals surface area (Å²) in [7, 11) is 0. The van der Waals surface area contributed by atoms with Crippen LogP contribution in [0.15, 0.2) is 30.3 Å². The Hall–Kier alpha value is -2.54. The molecule has 3 amide bonds. The number of nitrogens with zero attached hydrogens (tertiary/aromatic N) is 2. The molecule has 0 saturated carbocycles. The normalized spacial score (nSPS) is 14.9. The molecule has 0 bridgehead atoms. The SMILES string of the molecule is CC(C)(C)OC(=O)NCC(=O)N1CCN(C(=O)/C=C/c2ccc(Cl)cc2)CC1. The van der Waals surface area contributed by atoms with E-state index in [1.165, 1.54) is 6.08 Å². The molecular weight excluding hydrogens is 382 g/mol. The van der Waals surface area contributed by atoms with Gasteiger partial charge in [-0.2, -0.15) is 0 Å². The Labute approximate surface area is 170 Å². The van der Waals surface area contributed by atoms with E-state index >= 15 is 0 Å². The summed E-state index contributed by atoms with van der Waals surface area (Å²) >= 11 is 5.84. The number of carbonyl (C=O) groups is 3. The molecular formula is C20H26ClN3O4. The Bertz CT molecular complexity index is 733. The van der Waals surface area contributed by atoms with Crippen LogP contribution in [0, 0.1) is 0 Å². The van der Waals surface area contributed by atoms with Crippen LogP contribution in [0.1, 0.15) is 26.3 Å². The molecule has 1 heterocycles. The molecule has 2 rings (SSSR count). The Morgan fingerprint density at radius 2 is 1.64 bits per heavy atom. The third kappa shape index (κ3) is 7.23. The van der Waals surface area contributed by atoms with Crippen molar-refractivity contribution in [2.45, 2.75) is 26.4 Å². The predicted octanol–water partition coefficient (Wildman–Crippen LogP) is 2.55. The van der Waals surface area contributed by atoms with Crippen molar-refractivity contribution in [1.29, 1.82) is 0 Å². The molecule has 1 saturated heterocycles. The van der Waals surface area contributed by atoms with Gasteiger partial charge in [0, 0.05) is 37.3 Å². The lowest BCUT2D eigenvalue weighted by atomic mass is 10.2. The number of alkyl carbamates (subject to hydrolysis) is 1. The summed E-state index contributed by atoms with van der Waals surface area (Å²) in [6.45, 7) is 6.89. The van der Waals surface area contributed by atoms with E-state index in [-0.39, 0.29) is 18.4 Å². The fourth-order valence-corrected chi connectivity index (χ4v) is 2.72. The van der Waals surface area contributed by atoms with Gasteiger partial charge in [-0.1, -0.05) is 23.7 Å². The lowest BCUT2D eigenvalue weighted by Gasteiger charge is -2.34. The largest absolute Gasteiger partial charge is 0.444 e. The van der Waals surface area contributed by atoms with E-state index in [0.29, 0.717) is 31.2 Å². The molecule has 0 atom stereocenters. The van der Waals surface area contributed by atoms with E-state index in [0.717, 1.165) is 5.56 Å². The van der Waals surface area contributed by atoms with E-state index in [2.05, 4.69) is 5.32 Å². The van der Waals surface area contributed by atoms with E-state index < -0.39 is 11.7 Å². The minimum atomic E-state index is -0.623. The van der Waals surface area contributed by atoms with Gasteiger partial charge in [-0.3, -0.25) is 9.59 Å². The van der Waals surface area contributed by atoms with Crippen molar-refractivity contribution in [3.05, 3.63) is 40.9 Å². The Balaban J connectivity index is 1.75. The van der Waals surface area contributed by atoms with E-state index in [1.54, 1.807) is 48.8 Å². The summed E-state index contributed by atoms with van der Waals surface area (Å²) in [6, 6.07) is 7.20. The first-order valence-electron chi connectivity index (χ1n) is 9.11. The zero-order valence-corrected chi connectivity index (χ0v) is 17.2. The summed E-state index contributed by atoms with van der Waals surface area (Å²) in [5, 5.41) is 3.10. The molecule has 0 spiro atoms. The number of halogens is 1. The fraction of sp³-hybridized carbons (Fsp3) is 0.450. The molecule has 7 nitrogen and oxygen atoms in total. The second kappa shape index (κ2) is 9.59. The van der Waals surface area contributed by atoms with Crippen LogP contribution in [0.3, 0.4) is 0 Å². The van der Waals surface area contributed by atoms with Crippen molar-refractivity contribution in [2.75, 3.05) is 32.7 Å². The molecule has 1 aliphatic rings. The highest BCUT2D eigenvalue weighted by Crippen LogP contribution is 2.11. The lowest BCUT2D eigenvalue weighted by Crippen LogP contribution is -2.52. The Morgan fingerprint density at radius 1 is 1.07 bits per heavy atom. The van der Waals surface area contributed by atoms with Gasteiger partial charge >= 0.3 is 6.09 Å². The predicted molar refractivity (Wildman–Crippen MR) is 108 cm³/mol. The first-order chi connectivity index (χ1) is 13.1. The van der Waals surface area contributed by atoms with Crippen LogP contribution in [0.2, 0.25) is 5.02 Å². The maximum Gasteiger partial charge on any atom is 0.408 e. The van der Waals surface area contributed by atoms with Crippen molar-refractivity contribution in [2.24, 2.45) is 0 Å². The highest BCUT2D eigenvalue weighted by atomic mass is 35.5. The number of rotatable bonds is 4. The van der Waals surface area contributed by atoms with Gasteiger partial charge in [0.05, 0.1) is 0 Å². The first-order valence-corrected chi connectivity index (χ1v) is 9.49. The van der Waals surface area contributed by atoms with Crippen LogP contribution in [0.4, 0.5) is 4.79 Å². The van der Waals surface area contributed by atoms with Crippen LogP contribution >= 0.6 is 11.6 Å². The fourth-order valence-electron chi connectivity index (χ4n) is 2.60. The topological polar surface area (TPSA) is 79.0 Å². The maximum absolute atomic E-state index is 12.3. The van der Waals surface area contributed by atoms with Gasteiger partial charge in [0.15, 0.2) is 0 Å². The van der Waals surface area contributed by atoms with Crippen molar-refractivity contribution in [3.63, 3.8) is 0 Å². The summed E-state index contributed by atoms with van der Waals surface area (Å²) in [5.41, 5.74) is 0.276. The monoisotopic (exact) mass is 407 g/mol. The lowest BCUT2D eigenvalue weighted by molar-refractivity contribution is -0.136. The molecule has 1 aliphatic heterocycles. The molecule has 1 aromatic rings. The molecule has 0 radical (unpaired) electrons. The van der Waals surface area contributed by atoms with Gasteiger partial charge in [-0.15, -0.1) is 0 Å². The molecule has 0 unspecified atom stereocenters. The third-order valence-electron chi connectivity index (χ3n) is 4.02. The second-order valence-corrected chi connectivity index (χ2v) is 7.88. The van der Waals surface area contributed by atoms with Crippen molar-refractivity contribution in [1.82, 2.24) is 15.1 Å². The number of hydrogen-bond acceptors (Lipinski definition) is 4. The number of hydrogen-bond donors (Lipinski definition) is 1. The van der Waals surface area contributed by atoms with Gasteiger partial charge in [-0.05, 0) is 44.5 Å². The van der Waals surface area contributed by atoms with Crippen LogP contribution < -0.4 is 5.32 Å². The molecule has 1 fully saturated rings. The van der Waals surface area contributed by atoms with Crippen LogP contribution in [0.5, 0.6) is 0 Å². The van der Waals surface area contributed by atoms with Gasteiger partial charge in [0.2, 0.25) is 11.8 Å². The molecule has 152 valence electrons. The zero-order valence-electron chi connectivity index (χ0n) is 16.4. The van der Waals surface area contributed by atoms with Crippen molar-refractivity contribution in [3.8, 4) is 0 Å². The number of ether oxygens (including phenoxy) is 1. The molecule has 0 aliphatic carbocycles. The van der Waals surface area contributed by atoms with E-state index in [4.69, 9.17) is 16.3 Å². The highest BCUT2D eigenvalue weighted by Gasteiger charge is 2.24. The molecule has 28 heavy (non-hydrogen) atoms. The van der Waals surface area contributed by atoms with Crippen molar-refractivity contribution >= 4 is 35.6 Å². The van der Waals surface area contributed by atoms with Crippen molar-refractivity contribution < 1.29 is 19.1 Å². The molecule has 0 aromatic heterocycles. The average molecular weight is 408 g/mol. The number of nitrogens with one attached hydrogen (secondary N) is 1. The molecule has 8 heteroatoms. The summed E-state index contributed by atoms with van der Waals surface area (Å²) in [4.78, 5) is 39.5. The number of carbonyl (C=O) groups excluding carboxylic acids is 3. The number of piperazine rings is 1. The second-order valence-electron chi connectivity index (χ2n) is 7.45. The van der Waals surface area contributed by atoms with Crippen LogP contribution in [0.25, 0.3) is 6.08 Å². The quantitative estimate of drug-likeness (QED) is 0.778. The third-order valence-corrected chi connectivity index (χ3v) is 4.27. The highest BCUT2D eigenvalue weighted by molar-refractivity contribution is 6.30. The minimum Gasteiger partial charge on any atom is -0.444 e. The smallest absolute Gasteiger partial charge is 0.408 e. The van der Waals surface area contributed by atoms with E-state index in [9.17, 15) is 14.4 Å². The minimum absolute atomic E-state index is 0.103. The first kappa shape index (κ1) is 21.8. The van der Waals surface area contributed by atoms with Crippen LogP contribution in [-0.2, 0) is 14.3 Å². The van der Waals surface area contributed by atoms with Crippen LogP contribution in [-0.4, -0.2) is 66.0 Å². The standard InChI is InChI=1S/C20H26ClN3O4/c1-20(2,3)28-19(27)22-14-18(26)24-12-10-23(11-13-24)17(25)9-6-15-4-7-16(21)8-5-15/h4-9H,10-14H2,1-3H3,(H,22,27)/b9-6+. The van der Waals surface area contributed by atoms with Gasteiger partial charge < -0.3 is 19.9 Å². The zero-order chi connectivity index (χ0) is 20.7. The Kier molecular flexibility index (Phi) is 7.45.